The van der Waals surface area contributed by atoms with Gasteiger partial charge in [0.05, 0.1) is 18.3 Å². The molecule has 3 rings (SSSR count). The van der Waals surface area contributed by atoms with E-state index in [2.05, 4.69) is 9.97 Å². The van der Waals surface area contributed by atoms with Crippen LogP contribution in [0.5, 0.6) is 5.75 Å². The molecule has 0 amide bonds. The van der Waals surface area contributed by atoms with Gasteiger partial charge in [0.15, 0.2) is 0 Å². The Morgan fingerprint density at radius 3 is 3.10 bits per heavy atom. The lowest BCUT2D eigenvalue weighted by Crippen LogP contribution is -2.16. The smallest absolute Gasteiger partial charge is 0.125 e. The van der Waals surface area contributed by atoms with E-state index in [0.717, 1.165) is 34.3 Å². The Balaban J connectivity index is 1.88. The molecule has 1 aliphatic heterocycles. The van der Waals surface area contributed by atoms with Crippen LogP contribution in [0.4, 0.5) is 0 Å². The minimum atomic E-state index is -0.191. The number of aromatic nitrogens is 2. The molecule has 2 N–H and O–H groups in total. The third kappa shape index (κ3) is 2.62. The largest absolute Gasteiger partial charge is 0.493 e. The zero-order valence-electron chi connectivity index (χ0n) is 11.3. The van der Waals surface area contributed by atoms with Gasteiger partial charge < -0.3 is 10.5 Å². The van der Waals surface area contributed by atoms with Crippen LogP contribution in [0.25, 0.3) is 0 Å². The molecule has 1 aromatic carbocycles. The van der Waals surface area contributed by atoms with Crippen LogP contribution in [-0.4, -0.2) is 16.6 Å². The summed E-state index contributed by atoms with van der Waals surface area (Å²) in [4.78, 5) is 8.46. The molecule has 4 nitrogen and oxygen atoms in total. The third-order valence-corrected chi connectivity index (χ3v) is 3.66. The molecule has 2 heterocycles. The van der Waals surface area contributed by atoms with Crippen molar-refractivity contribution in [1.29, 1.82) is 0 Å². The van der Waals surface area contributed by atoms with Gasteiger partial charge in [0.25, 0.3) is 0 Å². The molecule has 0 spiro atoms. The first-order valence-electron chi connectivity index (χ1n) is 6.62. The van der Waals surface area contributed by atoms with Crippen molar-refractivity contribution in [3.05, 3.63) is 52.1 Å². The van der Waals surface area contributed by atoms with Gasteiger partial charge in [0, 0.05) is 17.6 Å². The predicted octanol–water partition coefficient (Wildman–Crippen LogP) is 2.62. The van der Waals surface area contributed by atoms with Crippen LogP contribution in [0.2, 0.25) is 5.02 Å². The number of benzene rings is 1. The molecule has 1 aromatic heterocycles. The van der Waals surface area contributed by atoms with Crippen LogP contribution in [0.15, 0.2) is 24.4 Å². The summed E-state index contributed by atoms with van der Waals surface area (Å²) in [7, 11) is 0. The van der Waals surface area contributed by atoms with Crippen molar-refractivity contribution in [2.75, 3.05) is 6.61 Å². The fourth-order valence-corrected chi connectivity index (χ4v) is 2.78. The van der Waals surface area contributed by atoms with Gasteiger partial charge in [-0.15, -0.1) is 0 Å². The van der Waals surface area contributed by atoms with Crippen molar-refractivity contribution in [3.8, 4) is 5.75 Å². The number of nitrogens with zero attached hydrogens (tertiary/aromatic N) is 2. The molecule has 1 atom stereocenters. The second-order valence-corrected chi connectivity index (χ2v) is 5.43. The fourth-order valence-electron chi connectivity index (χ4n) is 2.52. The van der Waals surface area contributed by atoms with E-state index in [1.54, 1.807) is 6.20 Å². The molecular weight excluding hydrogens is 274 g/mol. The number of ether oxygens (including phenoxy) is 1. The lowest BCUT2D eigenvalue weighted by Gasteiger charge is -2.14. The van der Waals surface area contributed by atoms with E-state index in [9.17, 15) is 0 Å². The highest BCUT2D eigenvalue weighted by molar-refractivity contribution is 6.30. The Morgan fingerprint density at radius 2 is 2.30 bits per heavy atom. The minimum absolute atomic E-state index is 0.191. The molecule has 0 radical (unpaired) electrons. The molecule has 0 saturated heterocycles. The van der Waals surface area contributed by atoms with Crippen molar-refractivity contribution in [3.63, 3.8) is 0 Å². The number of rotatable bonds is 3. The first-order chi connectivity index (χ1) is 9.63. The van der Waals surface area contributed by atoms with Crippen molar-refractivity contribution in [2.24, 2.45) is 5.73 Å². The van der Waals surface area contributed by atoms with Gasteiger partial charge in [-0.1, -0.05) is 11.6 Å². The molecular formula is C15H16ClN3O. The first kappa shape index (κ1) is 13.3. The Kier molecular flexibility index (Phi) is 3.59. The van der Waals surface area contributed by atoms with Crippen LogP contribution >= 0.6 is 11.6 Å². The molecule has 20 heavy (non-hydrogen) atoms. The van der Waals surface area contributed by atoms with E-state index in [-0.39, 0.29) is 6.04 Å². The quantitative estimate of drug-likeness (QED) is 0.943. The molecule has 0 fully saturated rings. The van der Waals surface area contributed by atoms with Gasteiger partial charge in [-0.25, -0.2) is 9.97 Å². The SMILES string of the molecule is Cc1nccc(C(N)Cc2cc(Cl)cc3c2OCC3)n1. The zero-order chi connectivity index (χ0) is 14.1. The summed E-state index contributed by atoms with van der Waals surface area (Å²) in [5.74, 6) is 1.67. The van der Waals surface area contributed by atoms with E-state index in [1.165, 1.54) is 5.56 Å². The molecule has 0 bridgehead atoms. The monoisotopic (exact) mass is 289 g/mol. The lowest BCUT2D eigenvalue weighted by atomic mass is 10.00. The Bertz CT molecular complexity index is 645. The summed E-state index contributed by atoms with van der Waals surface area (Å²) in [6, 6.07) is 5.56. The van der Waals surface area contributed by atoms with Gasteiger partial charge in [0.1, 0.15) is 11.6 Å². The topological polar surface area (TPSA) is 61.0 Å². The number of hydrogen-bond acceptors (Lipinski definition) is 4. The Hall–Kier alpha value is -1.65. The van der Waals surface area contributed by atoms with Crippen LogP contribution in [0.1, 0.15) is 28.7 Å². The minimum Gasteiger partial charge on any atom is -0.493 e. The van der Waals surface area contributed by atoms with Crippen LogP contribution in [0, 0.1) is 6.92 Å². The Morgan fingerprint density at radius 1 is 1.45 bits per heavy atom. The summed E-state index contributed by atoms with van der Waals surface area (Å²) in [5.41, 5.74) is 9.30. The molecule has 0 aliphatic carbocycles. The number of nitrogens with two attached hydrogens (primary N) is 1. The summed E-state index contributed by atoms with van der Waals surface area (Å²) in [6.45, 7) is 2.57. The summed E-state index contributed by atoms with van der Waals surface area (Å²) < 4.78 is 5.70. The van der Waals surface area contributed by atoms with Crippen molar-refractivity contribution in [2.45, 2.75) is 25.8 Å². The van der Waals surface area contributed by atoms with Gasteiger partial charge >= 0.3 is 0 Å². The third-order valence-electron chi connectivity index (χ3n) is 3.44. The number of hydrogen-bond donors (Lipinski definition) is 1. The molecule has 0 saturated carbocycles. The number of fused-ring (bicyclic) bond motifs is 1. The summed E-state index contributed by atoms with van der Waals surface area (Å²) in [6.07, 6.45) is 3.29. The molecule has 1 aliphatic rings. The van der Waals surface area contributed by atoms with Crippen molar-refractivity contribution < 1.29 is 4.74 Å². The van der Waals surface area contributed by atoms with Crippen molar-refractivity contribution in [1.82, 2.24) is 9.97 Å². The summed E-state index contributed by atoms with van der Waals surface area (Å²) >= 11 is 6.16. The van der Waals surface area contributed by atoms with E-state index >= 15 is 0 Å². The highest BCUT2D eigenvalue weighted by Gasteiger charge is 2.20. The average Bonchev–Trinajstić information content (AvgIpc) is 2.86. The molecule has 2 aromatic rings. The second-order valence-electron chi connectivity index (χ2n) is 4.99. The van der Waals surface area contributed by atoms with Gasteiger partial charge in [-0.3, -0.25) is 0 Å². The van der Waals surface area contributed by atoms with E-state index in [0.29, 0.717) is 13.0 Å². The zero-order valence-corrected chi connectivity index (χ0v) is 12.0. The van der Waals surface area contributed by atoms with E-state index in [4.69, 9.17) is 22.1 Å². The predicted molar refractivity (Wildman–Crippen MR) is 78.1 cm³/mol. The van der Waals surface area contributed by atoms with Gasteiger partial charge in [0.2, 0.25) is 0 Å². The number of aryl methyl sites for hydroxylation is 1. The van der Waals surface area contributed by atoms with Crippen LogP contribution < -0.4 is 10.5 Å². The average molecular weight is 290 g/mol. The highest BCUT2D eigenvalue weighted by atomic mass is 35.5. The summed E-state index contributed by atoms with van der Waals surface area (Å²) in [5, 5.41) is 0.732. The standard InChI is InChI=1S/C15H16ClN3O/c1-9-18-4-2-14(19-9)13(17)8-11-7-12(16)6-10-3-5-20-15(10)11/h2,4,6-7,13H,3,5,8,17H2,1H3. The first-order valence-corrected chi connectivity index (χ1v) is 7.00. The number of halogens is 1. The highest BCUT2D eigenvalue weighted by Crippen LogP contribution is 2.34. The molecule has 104 valence electrons. The van der Waals surface area contributed by atoms with E-state index in [1.807, 2.05) is 25.1 Å². The van der Waals surface area contributed by atoms with Crippen LogP contribution in [-0.2, 0) is 12.8 Å². The second kappa shape index (κ2) is 5.38. The lowest BCUT2D eigenvalue weighted by molar-refractivity contribution is 0.352. The maximum atomic E-state index is 6.25. The van der Waals surface area contributed by atoms with Gasteiger partial charge in [-0.05, 0) is 42.7 Å². The van der Waals surface area contributed by atoms with Crippen molar-refractivity contribution >= 4 is 11.6 Å². The van der Waals surface area contributed by atoms with E-state index < -0.39 is 0 Å². The normalized spacial score (nSPS) is 14.8. The molecule has 5 heteroatoms. The van der Waals surface area contributed by atoms with Gasteiger partial charge in [-0.2, -0.15) is 0 Å². The maximum Gasteiger partial charge on any atom is 0.125 e. The van der Waals surface area contributed by atoms with Crippen LogP contribution in [0.3, 0.4) is 0 Å². The maximum absolute atomic E-state index is 6.25. The Labute approximate surface area is 123 Å². The fraction of sp³-hybridized carbons (Fsp3) is 0.333. The molecule has 1 unspecified atom stereocenters.